The lowest BCUT2D eigenvalue weighted by Gasteiger charge is -2.11. The van der Waals surface area contributed by atoms with Crippen LogP contribution in [0.4, 0.5) is 5.69 Å². The fourth-order valence-electron chi connectivity index (χ4n) is 2.17. The topological polar surface area (TPSA) is 67.2 Å². The molecule has 5 heteroatoms. The predicted octanol–water partition coefficient (Wildman–Crippen LogP) is 2.54. The molecule has 0 bridgehead atoms. The summed E-state index contributed by atoms with van der Waals surface area (Å²) < 4.78 is 0. The van der Waals surface area contributed by atoms with Gasteiger partial charge in [-0.3, -0.25) is 10.2 Å². The average Bonchev–Trinajstić information content (AvgIpc) is 2.46. The molecule has 0 radical (unpaired) electrons. The Balaban J connectivity index is 1.81. The van der Waals surface area contributed by atoms with E-state index in [0.717, 1.165) is 35.9 Å². The van der Waals surface area contributed by atoms with Crippen LogP contribution in [-0.4, -0.2) is 21.5 Å². The molecule has 19 heavy (non-hydrogen) atoms. The lowest BCUT2D eigenvalue weighted by molar-refractivity contribution is -0.113. The molecule has 1 aromatic carbocycles. The lowest BCUT2D eigenvalue weighted by Crippen LogP contribution is -2.19. The minimum absolute atomic E-state index is 0.155. The summed E-state index contributed by atoms with van der Waals surface area (Å²) in [5.74, 6) is 0.155. The van der Waals surface area contributed by atoms with E-state index in [-0.39, 0.29) is 5.78 Å². The maximum atomic E-state index is 11.6. The van der Waals surface area contributed by atoms with Gasteiger partial charge in [-0.15, -0.1) is 0 Å². The van der Waals surface area contributed by atoms with Crippen molar-refractivity contribution in [2.24, 2.45) is 5.10 Å². The van der Waals surface area contributed by atoms with E-state index in [0.29, 0.717) is 12.1 Å². The molecule has 1 aliphatic rings. The Kier molecular flexibility index (Phi) is 3.18. The van der Waals surface area contributed by atoms with E-state index < -0.39 is 0 Å². The first-order valence-corrected chi connectivity index (χ1v) is 6.38. The molecule has 3 rings (SSSR count). The molecular formula is C14H14N4O. The van der Waals surface area contributed by atoms with E-state index in [1.807, 2.05) is 18.2 Å². The maximum Gasteiger partial charge on any atom is 0.178 e. The zero-order chi connectivity index (χ0) is 13.1. The standard InChI is InChI=1S/C14H14N4O/c19-14-4-2-1-3-13(14)18-17-11-5-6-12-10(7-11)8-15-9-16-12/h5-9,17H,1-4H2/b18-13-. The highest BCUT2D eigenvalue weighted by Crippen LogP contribution is 2.17. The zero-order valence-electron chi connectivity index (χ0n) is 10.5. The van der Waals surface area contributed by atoms with Crippen LogP contribution in [0.5, 0.6) is 0 Å². The molecule has 0 aliphatic heterocycles. The van der Waals surface area contributed by atoms with E-state index in [2.05, 4.69) is 20.5 Å². The number of nitrogens with zero attached hydrogens (tertiary/aromatic N) is 3. The number of Topliss-reactive ketones (excluding diaryl/α,β-unsaturated/α-hetero) is 1. The molecule has 0 spiro atoms. The fourth-order valence-corrected chi connectivity index (χ4v) is 2.17. The third-order valence-corrected chi connectivity index (χ3v) is 3.21. The van der Waals surface area contributed by atoms with Crippen molar-refractivity contribution in [1.82, 2.24) is 9.97 Å². The van der Waals surface area contributed by atoms with Crippen LogP contribution < -0.4 is 5.43 Å². The smallest absolute Gasteiger partial charge is 0.178 e. The number of hydrogen-bond donors (Lipinski definition) is 1. The highest BCUT2D eigenvalue weighted by Gasteiger charge is 2.16. The van der Waals surface area contributed by atoms with Crippen LogP contribution in [0.3, 0.4) is 0 Å². The van der Waals surface area contributed by atoms with Gasteiger partial charge in [-0.2, -0.15) is 5.10 Å². The van der Waals surface area contributed by atoms with Gasteiger partial charge in [0, 0.05) is 18.0 Å². The number of ketones is 1. The van der Waals surface area contributed by atoms with Gasteiger partial charge in [0.2, 0.25) is 0 Å². The normalized spacial score (nSPS) is 17.9. The second kappa shape index (κ2) is 5.14. The SMILES string of the molecule is O=C1CCCC/C1=N/Nc1ccc2ncncc2c1. The van der Waals surface area contributed by atoms with Crippen molar-refractivity contribution in [3.05, 3.63) is 30.7 Å². The Labute approximate surface area is 110 Å². The molecule has 0 unspecified atom stereocenters. The number of hydrogen-bond acceptors (Lipinski definition) is 5. The Morgan fingerprint density at radius 1 is 1.21 bits per heavy atom. The van der Waals surface area contributed by atoms with E-state index in [1.54, 1.807) is 6.20 Å². The first-order chi connectivity index (χ1) is 9.33. The van der Waals surface area contributed by atoms with Crippen LogP contribution >= 0.6 is 0 Å². The van der Waals surface area contributed by atoms with Crippen molar-refractivity contribution in [1.29, 1.82) is 0 Å². The highest BCUT2D eigenvalue weighted by molar-refractivity contribution is 6.40. The van der Waals surface area contributed by atoms with Gasteiger partial charge >= 0.3 is 0 Å². The Morgan fingerprint density at radius 2 is 2.11 bits per heavy atom. The van der Waals surface area contributed by atoms with Crippen LogP contribution in [0.15, 0.2) is 35.8 Å². The summed E-state index contributed by atoms with van der Waals surface area (Å²) in [6.45, 7) is 0. The quantitative estimate of drug-likeness (QED) is 0.836. The first-order valence-electron chi connectivity index (χ1n) is 6.38. The zero-order valence-corrected chi connectivity index (χ0v) is 10.5. The number of carbonyl (C=O) groups excluding carboxylic acids is 1. The number of fused-ring (bicyclic) bond motifs is 1. The predicted molar refractivity (Wildman–Crippen MR) is 74.1 cm³/mol. The summed E-state index contributed by atoms with van der Waals surface area (Å²) >= 11 is 0. The summed E-state index contributed by atoms with van der Waals surface area (Å²) in [5, 5.41) is 5.16. The minimum atomic E-state index is 0.155. The van der Waals surface area contributed by atoms with Crippen molar-refractivity contribution in [3.63, 3.8) is 0 Å². The van der Waals surface area contributed by atoms with Crippen molar-refractivity contribution in [3.8, 4) is 0 Å². The molecule has 0 atom stereocenters. The van der Waals surface area contributed by atoms with Crippen molar-refractivity contribution >= 4 is 28.1 Å². The summed E-state index contributed by atoms with van der Waals surface area (Å²) in [5.41, 5.74) is 5.33. The molecule has 1 aromatic heterocycles. The number of anilines is 1. The van der Waals surface area contributed by atoms with E-state index in [9.17, 15) is 4.79 Å². The third kappa shape index (κ3) is 2.59. The molecule has 1 N–H and O–H groups in total. The molecule has 96 valence electrons. The second-order valence-corrected chi connectivity index (χ2v) is 4.60. The summed E-state index contributed by atoms with van der Waals surface area (Å²) in [6.07, 6.45) is 6.68. The number of nitrogens with one attached hydrogen (secondary N) is 1. The van der Waals surface area contributed by atoms with Crippen LogP contribution in [0.25, 0.3) is 10.9 Å². The molecule has 1 aliphatic carbocycles. The molecule has 0 saturated heterocycles. The fraction of sp³-hybridized carbons (Fsp3) is 0.286. The number of hydrazone groups is 1. The number of benzene rings is 1. The van der Waals surface area contributed by atoms with Crippen LogP contribution in [0.2, 0.25) is 0 Å². The Bertz CT molecular complexity index is 651. The molecule has 2 aromatic rings. The Morgan fingerprint density at radius 3 is 3.00 bits per heavy atom. The van der Waals surface area contributed by atoms with Crippen LogP contribution in [0, 0.1) is 0 Å². The van der Waals surface area contributed by atoms with Gasteiger partial charge in [0.25, 0.3) is 0 Å². The number of rotatable bonds is 2. The van der Waals surface area contributed by atoms with Crippen LogP contribution in [0.1, 0.15) is 25.7 Å². The van der Waals surface area contributed by atoms with E-state index in [4.69, 9.17) is 0 Å². The van der Waals surface area contributed by atoms with Crippen molar-refractivity contribution < 1.29 is 4.79 Å². The van der Waals surface area contributed by atoms with Gasteiger partial charge in [0.05, 0.1) is 11.2 Å². The lowest BCUT2D eigenvalue weighted by atomic mass is 9.97. The second-order valence-electron chi connectivity index (χ2n) is 4.60. The van der Waals surface area contributed by atoms with Gasteiger partial charge in [-0.1, -0.05) is 0 Å². The van der Waals surface area contributed by atoms with Crippen LogP contribution in [-0.2, 0) is 4.79 Å². The van der Waals surface area contributed by atoms with Gasteiger partial charge in [0.1, 0.15) is 12.0 Å². The summed E-state index contributed by atoms with van der Waals surface area (Å²) in [4.78, 5) is 19.8. The van der Waals surface area contributed by atoms with Gasteiger partial charge in [-0.05, 0) is 37.5 Å². The number of aromatic nitrogens is 2. The average molecular weight is 254 g/mol. The van der Waals surface area contributed by atoms with E-state index >= 15 is 0 Å². The molecule has 5 nitrogen and oxygen atoms in total. The number of carbonyl (C=O) groups is 1. The summed E-state index contributed by atoms with van der Waals surface area (Å²) in [6, 6.07) is 5.72. The summed E-state index contributed by atoms with van der Waals surface area (Å²) in [7, 11) is 0. The molecule has 1 heterocycles. The van der Waals surface area contributed by atoms with E-state index in [1.165, 1.54) is 6.33 Å². The molecule has 1 fully saturated rings. The largest absolute Gasteiger partial charge is 0.293 e. The third-order valence-electron chi connectivity index (χ3n) is 3.21. The highest BCUT2D eigenvalue weighted by atomic mass is 16.1. The van der Waals surface area contributed by atoms with Gasteiger partial charge < -0.3 is 0 Å². The Hall–Kier alpha value is -2.30. The van der Waals surface area contributed by atoms with Gasteiger partial charge in [0.15, 0.2) is 5.78 Å². The van der Waals surface area contributed by atoms with Crippen molar-refractivity contribution in [2.45, 2.75) is 25.7 Å². The molecule has 1 saturated carbocycles. The maximum absolute atomic E-state index is 11.6. The molecular weight excluding hydrogens is 240 g/mol. The minimum Gasteiger partial charge on any atom is -0.293 e. The van der Waals surface area contributed by atoms with Gasteiger partial charge in [-0.25, -0.2) is 9.97 Å². The van der Waals surface area contributed by atoms with Crippen molar-refractivity contribution in [2.75, 3.05) is 5.43 Å². The monoisotopic (exact) mass is 254 g/mol. The first kappa shape index (κ1) is 11.8. The molecule has 0 amide bonds.